The number of rotatable bonds is 5. The number of amides is 1. The normalized spacial score (nSPS) is 17.0. The van der Waals surface area contributed by atoms with Crippen LogP contribution in [0.15, 0.2) is 67.1 Å². The van der Waals surface area contributed by atoms with E-state index < -0.39 is 6.10 Å². The minimum atomic E-state index is -0.530. The van der Waals surface area contributed by atoms with Gasteiger partial charge in [-0.1, -0.05) is 6.07 Å². The topological polar surface area (TPSA) is 96.0 Å². The number of benzene rings is 1. The Kier molecular flexibility index (Phi) is 5.39. The predicted molar refractivity (Wildman–Crippen MR) is 117 cm³/mol. The first kappa shape index (κ1) is 19.3. The number of nitrogens with one attached hydrogen (secondary N) is 2. The second-order valence-corrected chi connectivity index (χ2v) is 7.47. The molecule has 4 heterocycles. The molecule has 0 aliphatic carbocycles. The maximum atomic E-state index is 12.9. The van der Waals surface area contributed by atoms with Gasteiger partial charge in [-0.05, 0) is 42.5 Å². The van der Waals surface area contributed by atoms with Gasteiger partial charge in [-0.2, -0.15) is 5.10 Å². The third kappa shape index (κ3) is 4.30. The summed E-state index contributed by atoms with van der Waals surface area (Å²) in [6.45, 7) is 2.51. The minimum absolute atomic E-state index is 0.154. The van der Waals surface area contributed by atoms with Crippen molar-refractivity contribution in [2.24, 2.45) is 0 Å². The molecule has 0 saturated carbocycles. The fraction of sp³-hybridized carbons (Fsp3) is 0.217. The summed E-state index contributed by atoms with van der Waals surface area (Å²) in [5.41, 5.74) is 4.38. The third-order valence-corrected chi connectivity index (χ3v) is 5.34. The molecule has 0 bridgehead atoms. The highest BCUT2D eigenvalue weighted by Gasteiger charge is 2.27. The zero-order chi connectivity index (χ0) is 21.0. The van der Waals surface area contributed by atoms with Crippen LogP contribution in [0.4, 0.5) is 5.69 Å². The number of ether oxygens (including phenoxy) is 1. The van der Waals surface area contributed by atoms with Gasteiger partial charge in [0.15, 0.2) is 0 Å². The molecule has 0 radical (unpaired) electrons. The Morgan fingerprint density at radius 3 is 2.90 bits per heavy atom. The molecule has 4 aromatic rings. The van der Waals surface area contributed by atoms with Gasteiger partial charge in [0, 0.05) is 54.9 Å². The zero-order valence-corrected chi connectivity index (χ0v) is 16.9. The van der Waals surface area contributed by atoms with Crippen molar-refractivity contribution < 1.29 is 9.53 Å². The monoisotopic (exact) mass is 414 g/mol. The van der Waals surface area contributed by atoms with Crippen LogP contribution in [0.2, 0.25) is 0 Å². The third-order valence-electron chi connectivity index (χ3n) is 5.34. The number of aromatic nitrogens is 4. The molecule has 5 rings (SSSR count). The largest absolute Gasteiger partial charge is 0.366 e. The number of hydrogen-bond acceptors (Lipinski definition) is 6. The van der Waals surface area contributed by atoms with Gasteiger partial charge in [-0.15, -0.1) is 0 Å². The van der Waals surface area contributed by atoms with Gasteiger partial charge >= 0.3 is 0 Å². The molecule has 1 unspecified atom stereocenters. The van der Waals surface area contributed by atoms with Gasteiger partial charge in [0.2, 0.25) is 0 Å². The maximum Gasteiger partial charge on any atom is 0.254 e. The first-order valence-electron chi connectivity index (χ1n) is 10.2. The van der Waals surface area contributed by atoms with E-state index in [4.69, 9.17) is 4.74 Å². The van der Waals surface area contributed by atoms with Crippen molar-refractivity contribution >= 4 is 22.5 Å². The zero-order valence-electron chi connectivity index (χ0n) is 16.9. The molecule has 31 heavy (non-hydrogen) atoms. The number of nitrogens with zero attached hydrogens (tertiary/aromatic N) is 4. The molecule has 0 spiro atoms. The van der Waals surface area contributed by atoms with Crippen molar-refractivity contribution in [3.63, 3.8) is 0 Å². The molecule has 2 N–H and O–H groups in total. The smallest absolute Gasteiger partial charge is 0.254 e. The highest BCUT2D eigenvalue weighted by molar-refractivity contribution is 5.99. The lowest BCUT2D eigenvalue weighted by Crippen LogP contribution is -2.47. The van der Waals surface area contributed by atoms with E-state index in [-0.39, 0.29) is 5.91 Å². The summed E-state index contributed by atoms with van der Waals surface area (Å²) in [5, 5.41) is 11.4. The van der Waals surface area contributed by atoms with Crippen LogP contribution in [0.25, 0.3) is 22.2 Å². The second-order valence-electron chi connectivity index (χ2n) is 7.47. The standard InChI is InChI=1S/C23H22N6O2/c30-23(21-15-29(11-12-31-21)14-18-3-1-2-8-25-18)26-17-4-5-20-19(13-17)22(28-27-20)16-6-9-24-10-7-16/h1-10,13,21H,11-12,14-15H2,(H,26,30)(H,27,28). The molecule has 1 saturated heterocycles. The first-order valence-corrected chi connectivity index (χ1v) is 10.2. The summed E-state index contributed by atoms with van der Waals surface area (Å²) in [7, 11) is 0. The molecule has 1 aliphatic heterocycles. The number of hydrogen-bond donors (Lipinski definition) is 2. The first-order chi connectivity index (χ1) is 15.3. The van der Waals surface area contributed by atoms with Crippen molar-refractivity contribution in [3.8, 4) is 11.3 Å². The fourth-order valence-corrected chi connectivity index (χ4v) is 3.77. The van der Waals surface area contributed by atoms with E-state index >= 15 is 0 Å². The molecule has 1 atom stereocenters. The van der Waals surface area contributed by atoms with E-state index in [1.165, 1.54) is 0 Å². The molecule has 1 aliphatic rings. The molecule has 1 aromatic carbocycles. The Labute approximate surface area is 179 Å². The average Bonchev–Trinajstić information content (AvgIpc) is 3.24. The number of carbonyl (C=O) groups is 1. The molecule has 156 valence electrons. The minimum Gasteiger partial charge on any atom is -0.366 e. The Hall–Kier alpha value is -3.62. The quantitative estimate of drug-likeness (QED) is 0.521. The summed E-state index contributed by atoms with van der Waals surface area (Å²) >= 11 is 0. The highest BCUT2D eigenvalue weighted by atomic mass is 16.5. The summed E-state index contributed by atoms with van der Waals surface area (Å²) in [6.07, 6.45) is 4.72. The van der Waals surface area contributed by atoms with Crippen LogP contribution in [0.3, 0.4) is 0 Å². The maximum absolute atomic E-state index is 12.9. The van der Waals surface area contributed by atoms with Gasteiger partial charge in [-0.25, -0.2) is 0 Å². The predicted octanol–water partition coefficient (Wildman–Crippen LogP) is 2.86. The van der Waals surface area contributed by atoms with Crippen LogP contribution in [-0.4, -0.2) is 56.8 Å². The Morgan fingerprint density at radius 2 is 2.06 bits per heavy atom. The van der Waals surface area contributed by atoms with Crippen molar-refractivity contribution in [2.45, 2.75) is 12.6 Å². The van der Waals surface area contributed by atoms with Gasteiger partial charge in [0.05, 0.1) is 17.8 Å². The highest BCUT2D eigenvalue weighted by Crippen LogP contribution is 2.28. The Bertz CT molecular complexity index is 1180. The average molecular weight is 414 g/mol. The summed E-state index contributed by atoms with van der Waals surface area (Å²) < 4.78 is 5.75. The number of aromatic amines is 1. The van der Waals surface area contributed by atoms with Crippen LogP contribution < -0.4 is 5.32 Å². The molecular weight excluding hydrogens is 392 g/mol. The van der Waals surface area contributed by atoms with E-state index in [2.05, 4.69) is 30.4 Å². The van der Waals surface area contributed by atoms with Crippen molar-refractivity contribution in [1.29, 1.82) is 0 Å². The van der Waals surface area contributed by atoms with E-state index in [0.29, 0.717) is 25.4 Å². The lowest BCUT2D eigenvalue weighted by atomic mass is 10.1. The van der Waals surface area contributed by atoms with Gasteiger partial charge < -0.3 is 10.1 Å². The van der Waals surface area contributed by atoms with E-state index in [1.54, 1.807) is 18.6 Å². The summed E-state index contributed by atoms with van der Waals surface area (Å²) in [6, 6.07) is 15.4. The lowest BCUT2D eigenvalue weighted by molar-refractivity contribution is -0.133. The molecule has 1 fully saturated rings. The number of carbonyl (C=O) groups excluding carboxylic acids is 1. The van der Waals surface area contributed by atoms with Gasteiger partial charge in [-0.3, -0.25) is 24.8 Å². The number of fused-ring (bicyclic) bond motifs is 1. The van der Waals surface area contributed by atoms with Crippen LogP contribution in [0, 0.1) is 0 Å². The van der Waals surface area contributed by atoms with Crippen LogP contribution in [-0.2, 0) is 16.1 Å². The summed E-state index contributed by atoms with van der Waals surface area (Å²) in [4.78, 5) is 23.5. The molecule has 8 nitrogen and oxygen atoms in total. The number of H-pyrrole nitrogens is 1. The van der Waals surface area contributed by atoms with Gasteiger partial charge in [0.25, 0.3) is 5.91 Å². The number of morpholine rings is 1. The van der Waals surface area contributed by atoms with Crippen LogP contribution in [0.1, 0.15) is 5.69 Å². The van der Waals surface area contributed by atoms with Crippen LogP contribution in [0.5, 0.6) is 0 Å². The van der Waals surface area contributed by atoms with E-state index in [0.717, 1.165) is 34.4 Å². The SMILES string of the molecule is O=C(Nc1ccc2[nH]nc(-c3ccncc3)c2c1)C1CN(Cc2ccccn2)CCO1. The second kappa shape index (κ2) is 8.63. The lowest BCUT2D eigenvalue weighted by Gasteiger charge is -2.31. The van der Waals surface area contributed by atoms with Crippen molar-refractivity contribution in [2.75, 3.05) is 25.0 Å². The van der Waals surface area contributed by atoms with Gasteiger partial charge in [0.1, 0.15) is 11.8 Å². The summed E-state index contributed by atoms with van der Waals surface area (Å²) in [5.74, 6) is -0.154. The van der Waals surface area contributed by atoms with E-state index in [9.17, 15) is 4.79 Å². The Balaban J connectivity index is 1.29. The van der Waals surface area contributed by atoms with Crippen molar-refractivity contribution in [3.05, 3.63) is 72.8 Å². The molecule has 3 aromatic heterocycles. The van der Waals surface area contributed by atoms with Crippen LogP contribution >= 0.6 is 0 Å². The molecule has 1 amide bonds. The fourth-order valence-electron chi connectivity index (χ4n) is 3.77. The van der Waals surface area contributed by atoms with E-state index in [1.807, 2.05) is 48.5 Å². The molecule has 8 heteroatoms. The Morgan fingerprint density at radius 1 is 1.16 bits per heavy atom. The number of pyridine rings is 2. The number of anilines is 1. The van der Waals surface area contributed by atoms with Crippen molar-refractivity contribution in [1.82, 2.24) is 25.1 Å². The molecular formula is C23H22N6O2.